The normalized spacial score (nSPS) is 10.9. The van der Waals surface area contributed by atoms with E-state index in [-0.39, 0.29) is 17.2 Å². The molecule has 0 bridgehead atoms. The van der Waals surface area contributed by atoms with Crippen LogP contribution < -0.4 is 10.9 Å². The first-order valence-corrected chi connectivity index (χ1v) is 8.88. The maximum atomic E-state index is 12.9. The Morgan fingerprint density at radius 3 is 2.54 bits per heavy atom. The summed E-state index contributed by atoms with van der Waals surface area (Å²) in [7, 11) is 0. The van der Waals surface area contributed by atoms with Crippen LogP contribution in [0.5, 0.6) is 0 Å². The molecule has 0 fully saturated rings. The van der Waals surface area contributed by atoms with Crippen molar-refractivity contribution >= 4 is 34.0 Å². The molecule has 1 heterocycles. The molecule has 0 spiro atoms. The van der Waals surface area contributed by atoms with Crippen molar-refractivity contribution in [2.45, 2.75) is 33.7 Å². The molecule has 1 N–H and O–H groups in total. The summed E-state index contributed by atoms with van der Waals surface area (Å²) in [6.45, 7) is 6.24. The number of nitrogens with one attached hydrogen (secondary N) is 1. The summed E-state index contributed by atoms with van der Waals surface area (Å²) >= 11 is 6.30. The van der Waals surface area contributed by atoms with E-state index in [1.807, 2.05) is 26.8 Å². The molecule has 1 amide bonds. The van der Waals surface area contributed by atoms with Crippen LogP contribution in [0.4, 0.5) is 5.69 Å². The van der Waals surface area contributed by atoms with E-state index in [1.54, 1.807) is 30.3 Å². The topological polar surface area (TPSA) is 64.0 Å². The predicted octanol–water partition coefficient (Wildman–Crippen LogP) is 4.33. The molecule has 0 aliphatic carbocycles. The summed E-state index contributed by atoms with van der Waals surface area (Å²) < 4.78 is 1.35. The van der Waals surface area contributed by atoms with Crippen molar-refractivity contribution in [1.29, 1.82) is 0 Å². The standard InChI is InChI=1S/C20H20ClN3O2/c1-4-9-24-20(26)15-8-6-5-7-14(15)18(23-24)19(25)22-17-13(3)10-12(2)11-16(17)21/h5-8,10-11H,4,9H2,1-3H3,(H,22,25). The monoisotopic (exact) mass is 369 g/mol. The summed E-state index contributed by atoms with van der Waals surface area (Å²) in [4.78, 5) is 25.5. The molecule has 26 heavy (non-hydrogen) atoms. The number of hydrogen-bond acceptors (Lipinski definition) is 3. The number of carbonyl (C=O) groups is 1. The van der Waals surface area contributed by atoms with Gasteiger partial charge in [-0.3, -0.25) is 9.59 Å². The highest BCUT2D eigenvalue weighted by molar-refractivity contribution is 6.34. The van der Waals surface area contributed by atoms with Crippen molar-refractivity contribution in [3.63, 3.8) is 0 Å². The van der Waals surface area contributed by atoms with Crippen LogP contribution in [-0.2, 0) is 6.54 Å². The van der Waals surface area contributed by atoms with E-state index in [4.69, 9.17) is 11.6 Å². The lowest BCUT2D eigenvalue weighted by atomic mass is 10.1. The minimum atomic E-state index is -0.389. The van der Waals surface area contributed by atoms with Crippen LogP contribution in [0.1, 0.15) is 35.0 Å². The molecule has 0 aliphatic heterocycles. The number of nitrogens with zero attached hydrogens (tertiary/aromatic N) is 2. The van der Waals surface area contributed by atoms with Gasteiger partial charge in [-0.15, -0.1) is 0 Å². The van der Waals surface area contributed by atoms with E-state index in [0.29, 0.717) is 28.0 Å². The number of benzene rings is 2. The Kier molecular flexibility index (Phi) is 5.09. The van der Waals surface area contributed by atoms with Crippen LogP contribution >= 0.6 is 11.6 Å². The number of rotatable bonds is 4. The molecule has 134 valence electrons. The number of carbonyl (C=O) groups excluding carboxylic acids is 1. The number of hydrogen-bond donors (Lipinski definition) is 1. The third-order valence-electron chi connectivity index (χ3n) is 4.19. The molecule has 0 unspecified atom stereocenters. The van der Waals surface area contributed by atoms with Gasteiger partial charge in [0.25, 0.3) is 11.5 Å². The van der Waals surface area contributed by atoms with E-state index in [9.17, 15) is 9.59 Å². The molecule has 0 saturated heterocycles. The van der Waals surface area contributed by atoms with Crippen molar-refractivity contribution in [2.75, 3.05) is 5.32 Å². The largest absolute Gasteiger partial charge is 0.319 e. The Morgan fingerprint density at radius 1 is 1.19 bits per heavy atom. The van der Waals surface area contributed by atoms with Gasteiger partial charge in [-0.05, 0) is 43.5 Å². The Balaban J connectivity index is 2.12. The van der Waals surface area contributed by atoms with Crippen LogP contribution in [0.2, 0.25) is 5.02 Å². The SMILES string of the molecule is CCCn1nc(C(=O)Nc2c(C)cc(C)cc2Cl)c2ccccc2c1=O. The molecule has 2 aromatic carbocycles. The van der Waals surface area contributed by atoms with Gasteiger partial charge in [-0.2, -0.15) is 5.10 Å². The molecule has 3 aromatic rings. The van der Waals surface area contributed by atoms with Gasteiger partial charge in [0.1, 0.15) is 0 Å². The first kappa shape index (κ1) is 18.1. The zero-order chi connectivity index (χ0) is 18.8. The minimum Gasteiger partial charge on any atom is -0.319 e. The molecule has 0 aliphatic rings. The minimum absolute atomic E-state index is 0.191. The highest BCUT2D eigenvalue weighted by Gasteiger charge is 2.18. The van der Waals surface area contributed by atoms with Gasteiger partial charge >= 0.3 is 0 Å². The molecular weight excluding hydrogens is 350 g/mol. The second kappa shape index (κ2) is 7.30. The Labute approximate surface area is 156 Å². The lowest BCUT2D eigenvalue weighted by Crippen LogP contribution is -2.27. The van der Waals surface area contributed by atoms with E-state index in [1.165, 1.54) is 4.68 Å². The number of amides is 1. The van der Waals surface area contributed by atoms with Gasteiger partial charge in [0.2, 0.25) is 0 Å². The molecule has 3 rings (SSSR count). The van der Waals surface area contributed by atoms with Crippen LogP contribution in [-0.4, -0.2) is 15.7 Å². The van der Waals surface area contributed by atoms with E-state index < -0.39 is 0 Å². The van der Waals surface area contributed by atoms with E-state index in [2.05, 4.69) is 10.4 Å². The quantitative estimate of drug-likeness (QED) is 0.744. The first-order chi connectivity index (χ1) is 12.4. The Bertz CT molecular complexity index is 1030. The summed E-state index contributed by atoms with van der Waals surface area (Å²) in [5.74, 6) is -0.389. The first-order valence-electron chi connectivity index (χ1n) is 8.50. The Morgan fingerprint density at radius 2 is 1.88 bits per heavy atom. The van der Waals surface area contributed by atoms with Gasteiger partial charge in [-0.25, -0.2) is 4.68 Å². The molecule has 0 atom stereocenters. The fraction of sp³-hybridized carbons (Fsp3) is 0.250. The summed E-state index contributed by atoms with van der Waals surface area (Å²) in [5, 5.41) is 8.65. The fourth-order valence-corrected chi connectivity index (χ4v) is 3.38. The maximum absolute atomic E-state index is 12.9. The average Bonchev–Trinajstić information content (AvgIpc) is 2.60. The van der Waals surface area contributed by atoms with Crippen molar-refractivity contribution in [1.82, 2.24) is 9.78 Å². The number of anilines is 1. The number of fused-ring (bicyclic) bond motifs is 1. The van der Waals surface area contributed by atoms with Gasteiger partial charge in [0, 0.05) is 11.9 Å². The zero-order valence-electron chi connectivity index (χ0n) is 15.0. The lowest BCUT2D eigenvalue weighted by Gasteiger charge is -2.13. The molecular formula is C20H20ClN3O2. The second-order valence-corrected chi connectivity index (χ2v) is 6.72. The predicted molar refractivity (Wildman–Crippen MR) is 105 cm³/mol. The molecule has 1 aromatic heterocycles. The number of aromatic nitrogens is 2. The lowest BCUT2D eigenvalue weighted by molar-refractivity contribution is 0.102. The van der Waals surface area contributed by atoms with Crippen molar-refractivity contribution in [3.8, 4) is 0 Å². The third-order valence-corrected chi connectivity index (χ3v) is 4.49. The third kappa shape index (κ3) is 3.35. The summed E-state index contributed by atoms with van der Waals surface area (Å²) in [5.41, 5.74) is 2.47. The molecule has 6 heteroatoms. The van der Waals surface area contributed by atoms with Crippen LogP contribution in [0, 0.1) is 13.8 Å². The van der Waals surface area contributed by atoms with Crippen molar-refractivity contribution in [2.24, 2.45) is 0 Å². The number of aryl methyl sites for hydroxylation is 3. The highest BCUT2D eigenvalue weighted by atomic mass is 35.5. The number of halogens is 1. The van der Waals surface area contributed by atoms with Crippen LogP contribution in [0.15, 0.2) is 41.2 Å². The van der Waals surface area contributed by atoms with Crippen molar-refractivity contribution < 1.29 is 4.79 Å². The maximum Gasteiger partial charge on any atom is 0.276 e. The summed E-state index contributed by atoms with van der Waals surface area (Å²) in [6, 6.07) is 10.8. The Hall–Kier alpha value is -2.66. The van der Waals surface area contributed by atoms with E-state index in [0.717, 1.165) is 17.5 Å². The van der Waals surface area contributed by atoms with Gasteiger partial charge in [0.15, 0.2) is 5.69 Å². The van der Waals surface area contributed by atoms with Crippen molar-refractivity contribution in [3.05, 3.63) is 68.6 Å². The van der Waals surface area contributed by atoms with Gasteiger partial charge < -0.3 is 5.32 Å². The smallest absolute Gasteiger partial charge is 0.276 e. The van der Waals surface area contributed by atoms with Gasteiger partial charge in [0.05, 0.1) is 16.1 Å². The highest BCUT2D eigenvalue weighted by Crippen LogP contribution is 2.28. The molecule has 0 radical (unpaired) electrons. The summed E-state index contributed by atoms with van der Waals surface area (Å²) in [6.07, 6.45) is 0.745. The van der Waals surface area contributed by atoms with E-state index >= 15 is 0 Å². The molecule has 0 saturated carbocycles. The van der Waals surface area contributed by atoms with Gasteiger partial charge in [-0.1, -0.05) is 42.8 Å². The van der Waals surface area contributed by atoms with Crippen LogP contribution in [0.25, 0.3) is 10.8 Å². The fourth-order valence-electron chi connectivity index (χ4n) is 3.01. The zero-order valence-corrected chi connectivity index (χ0v) is 15.7. The second-order valence-electron chi connectivity index (χ2n) is 6.32. The molecule has 5 nitrogen and oxygen atoms in total. The van der Waals surface area contributed by atoms with Crippen LogP contribution in [0.3, 0.4) is 0 Å². The average molecular weight is 370 g/mol.